The van der Waals surface area contributed by atoms with Gasteiger partial charge in [-0.1, -0.05) is 0 Å². The zero-order valence-electron chi connectivity index (χ0n) is 5.52. The molecular formula is C6H9Cl2NS. The van der Waals surface area contributed by atoms with Gasteiger partial charge in [0.2, 0.25) is 0 Å². The summed E-state index contributed by atoms with van der Waals surface area (Å²) in [5.74, 6) is 0.657. The van der Waals surface area contributed by atoms with Crippen molar-refractivity contribution in [1.82, 2.24) is 0 Å². The number of halogens is 2. The van der Waals surface area contributed by atoms with Crippen molar-refractivity contribution < 1.29 is 0 Å². The Morgan fingerprint density at radius 2 is 2.30 bits per heavy atom. The van der Waals surface area contributed by atoms with Crippen molar-refractivity contribution in [2.45, 2.75) is 18.2 Å². The largest absolute Gasteiger partial charge is 0.231 e. The van der Waals surface area contributed by atoms with Crippen LogP contribution in [0, 0.1) is 0 Å². The van der Waals surface area contributed by atoms with Crippen LogP contribution in [0.4, 0.5) is 0 Å². The molecule has 0 aliphatic rings. The monoisotopic (exact) mass is 197 g/mol. The van der Waals surface area contributed by atoms with Gasteiger partial charge in [-0.2, -0.15) is 0 Å². The molecule has 0 rings (SSSR count). The van der Waals surface area contributed by atoms with Crippen molar-refractivity contribution in [2.24, 2.45) is 4.99 Å². The van der Waals surface area contributed by atoms with E-state index in [1.54, 1.807) is 0 Å². The molecule has 4 heteroatoms. The van der Waals surface area contributed by atoms with Crippen LogP contribution in [0.2, 0.25) is 0 Å². The van der Waals surface area contributed by atoms with Crippen LogP contribution in [-0.2, 0) is 0 Å². The van der Waals surface area contributed by atoms with Crippen LogP contribution in [-0.4, -0.2) is 23.0 Å². The highest BCUT2D eigenvalue weighted by Crippen LogP contribution is 2.05. The van der Waals surface area contributed by atoms with E-state index in [4.69, 9.17) is 23.2 Å². The zero-order chi connectivity index (χ0) is 7.82. The summed E-state index contributed by atoms with van der Waals surface area (Å²) in [5.41, 5.74) is 0. The SMILES string of the molecule is S=C=NCC(Cl)CCCCl. The van der Waals surface area contributed by atoms with Crippen molar-refractivity contribution >= 4 is 40.6 Å². The molecule has 0 aliphatic carbocycles. The molecule has 0 fully saturated rings. The van der Waals surface area contributed by atoms with Crippen LogP contribution in [0.5, 0.6) is 0 Å². The van der Waals surface area contributed by atoms with Crippen LogP contribution < -0.4 is 0 Å². The molecule has 0 amide bonds. The average molecular weight is 198 g/mol. The average Bonchev–Trinajstić information content (AvgIpc) is 1.97. The Hall–Kier alpha value is 0.380. The van der Waals surface area contributed by atoms with Gasteiger partial charge in [-0.25, -0.2) is 4.99 Å². The van der Waals surface area contributed by atoms with Crippen molar-refractivity contribution in [3.05, 3.63) is 0 Å². The Labute approximate surface area is 76.4 Å². The molecule has 0 heterocycles. The number of nitrogens with zero attached hydrogens (tertiary/aromatic N) is 1. The fourth-order valence-electron chi connectivity index (χ4n) is 0.526. The van der Waals surface area contributed by atoms with Crippen molar-refractivity contribution in [2.75, 3.05) is 12.4 Å². The van der Waals surface area contributed by atoms with E-state index in [1.165, 1.54) is 0 Å². The van der Waals surface area contributed by atoms with Crippen molar-refractivity contribution in [3.8, 4) is 0 Å². The highest BCUT2D eigenvalue weighted by atomic mass is 35.5. The van der Waals surface area contributed by atoms with E-state index in [-0.39, 0.29) is 5.38 Å². The molecule has 0 radical (unpaired) electrons. The lowest BCUT2D eigenvalue weighted by atomic mass is 10.2. The second kappa shape index (κ2) is 7.49. The second-order valence-corrected chi connectivity index (χ2v) is 3.04. The quantitative estimate of drug-likeness (QED) is 0.376. The number of alkyl halides is 2. The predicted octanol–water partition coefficient (Wildman–Crippen LogP) is 2.72. The molecule has 58 valence electrons. The maximum Gasteiger partial charge on any atom is 0.0656 e. The van der Waals surface area contributed by atoms with E-state index in [0.717, 1.165) is 12.8 Å². The highest BCUT2D eigenvalue weighted by molar-refractivity contribution is 7.78. The lowest BCUT2D eigenvalue weighted by Gasteiger charge is -2.01. The Balaban J connectivity index is 3.24. The molecule has 0 N–H and O–H groups in total. The summed E-state index contributed by atoms with van der Waals surface area (Å²) >= 11 is 15.6. The lowest BCUT2D eigenvalue weighted by molar-refractivity contribution is 0.742. The molecule has 1 unspecified atom stereocenters. The van der Waals surface area contributed by atoms with E-state index >= 15 is 0 Å². The van der Waals surface area contributed by atoms with Crippen LogP contribution in [0.3, 0.4) is 0 Å². The van der Waals surface area contributed by atoms with Gasteiger partial charge >= 0.3 is 0 Å². The van der Waals surface area contributed by atoms with E-state index in [1.807, 2.05) is 0 Å². The first-order valence-electron chi connectivity index (χ1n) is 3.05. The number of aliphatic imine (C=N–C) groups is 1. The van der Waals surface area contributed by atoms with Gasteiger partial charge in [0.1, 0.15) is 0 Å². The minimum atomic E-state index is 0.0641. The topological polar surface area (TPSA) is 12.4 Å². The molecule has 0 spiro atoms. The number of isothiocyanates is 1. The molecule has 0 aromatic carbocycles. The Kier molecular flexibility index (Phi) is 7.77. The summed E-state index contributed by atoms with van der Waals surface area (Å²) in [6.45, 7) is 0.557. The van der Waals surface area contributed by atoms with E-state index in [9.17, 15) is 0 Å². The van der Waals surface area contributed by atoms with E-state index < -0.39 is 0 Å². The molecule has 0 saturated carbocycles. The molecule has 1 atom stereocenters. The maximum atomic E-state index is 5.80. The van der Waals surface area contributed by atoms with Gasteiger partial charge in [0.25, 0.3) is 0 Å². The normalized spacial score (nSPS) is 12.2. The molecule has 0 saturated heterocycles. The van der Waals surface area contributed by atoms with Gasteiger partial charge in [0.15, 0.2) is 0 Å². The third-order valence-corrected chi connectivity index (χ3v) is 1.76. The number of hydrogen-bond donors (Lipinski definition) is 0. The van der Waals surface area contributed by atoms with Crippen molar-refractivity contribution in [3.63, 3.8) is 0 Å². The van der Waals surface area contributed by atoms with E-state index in [0.29, 0.717) is 12.4 Å². The summed E-state index contributed by atoms with van der Waals surface area (Å²) in [7, 11) is 0. The van der Waals surface area contributed by atoms with Gasteiger partial charge in [0.05, 0.1) is 17.1 Å². The minimum Gasteiger partial charge on any atom is -0.231 e. The first kappa shape index (κ1) is 10.4. The third kappa shape index (κ3) is 6.50. The third-order valence-electron chi connectivity index (χ3n) is 1.00. The van der Waals surface area contributed by atoms with Gasteiger partial charge in [-0.15, -0.1) is 23.2 Å². The summed E-state index contributed by atoms with van der Waals surface area (Å²) < 4.78 is 0. The standard InChI is InChI=1S/C6H9Cl2NS/c7-3-1-2-6(8)4-9-5-10/h6H,1-4H2. The second-order valence-electron chi connectivity index (χ2n) is 1.86. The smallest absolute Gasteiger partial charge is 0.0656 e. The number of thiocarbonyl (C=S) groups is 1. The van der Waals surface area contributed by atoms with Crippen LogP contribution in [0.15, 0.2) is 4.99 Å². The van der Waals surface area contributed by atoms with Gasteiger partial charge in [-0.3, -0.25) is 0 Å². The fraction of sp³-hybridized carbons (Fsp3) is 0.833. The summed E-state index contributed by atoms with van der Waals surface area (Å²) in [6.07, 6.45) is 1.83. The highest BCUT2D eigenvalue weighted by Gasteiger charge is 2.00. The number of hydrogen-bond acceptors (Lipinski definition) is 2. The fourth-order valence-corrected chi connectivity index (χ4v) is 0.978. The maximum absolute atomic E-state index is 5.80. The van der Waals surface area contributed by atoms with Gasteiger partial charge in [-0.05, 0) is 25.1 Å². The van der Waals surface area contributed by atoms with E-state index in [2.05, 4.69) is 22.4 Å². The summed E-state index contributed by atoms with van der Waals surface area (Å²) in [4.78, 5) is 3.71. The molecule has 0 aromatic heterocycles. The summed E-state index contributed by atoms with van der Waals surface area (Å²) in [5, 5.41) is 2.33. The van der Waals surface area contributed by atoms with Crippen LogP contribution in [0.1, 0.15) is 12.8 Å². The lowest BCUT2D eigenvalue weighted by Crippen LogP contribution is -2.02. The number of rotatable bonds is 5. The van der Waals surface area contributed by atoms with Crippen LogP contribution >= 0.6 is 35.4 Å². The first-order valence-corrected chi connectivity index (χ1v) is 4.43. The van der Waals surface area contributed by atoms with Crippen LogP contribution in [0.25, 0.3) is 0 Å². The predicted molar refractivity (Wildman–Crippen MR) is 49.5 cm³/mol. The minimum absolute atomic E-state index is 0.0641. The molecule has 1 nitrogen and oxygen atoms in total. The Morgan fingerprint density at radius 1 is 1.60 bits per heavy atom. The Bertz CT molecular complexity index is 123. The first-order chi connectivity index (χ1) is 4.81. The molecule has 0 aromatic rings. The van der Waals surface area contributed by atoms with Gasteiger partial charge in [0, 0.05) is 5.88 Å². The van der Waals surface area contributed by atoms with Gasteiger partial charge < -0.3 is 0 Å². The molecule has 10 heavy (non-hydrogen) atoms. The zero-order valence-corrected chi connectivity index (χ0v) is 7.85. The molecule has 0 aliphatic heterocycles. The summed E-state index contributed by atoms with van der Waals surface area (Å²) in [6, 6.07) is 0. The Morgan fingerprint density at radius 3 is 2.80 bits per heavy atom. The van der Waals surface area contributed by atoms with Crippen molar-refractivity contribution in [1.29, 1.82) is 0 Å². The molecule has 0 bridgehead atoms. The molecular weight excluding hydrogens is 189 g/mol.